The second kappa shape index (κ2) is 6.65. The Balaban J connectivity index is 1.42. The second-order valence-electron chi connectivity index (χ2n) is 6.86. The molecule has 3 heterocycles. The van der Waals surface area contributed by atoms with Crippen molar-refractivity contribution < 1.29 is 17.9 Å². The van der Waals surface area contributed by atoms with Gasteiger partial charge in [0.2, 0.25) is 16.8 Å². The molecule has 5 rings (SSSR count). The molecule has 3 aromatic rings. The van der Waals surface area contributed by atoms with Gasteiger partial charge in [-0.25, -0.2) is 13.4 Å². The highest BCUT2D eigenvalue weighted by molar-refractivity contribution is 7.89. The minimum absolute atomic E-state index is 0.232. The van der Waals surface area contributed by atoms with Crippen LogP contribution in [0.2, 0.25) is 0 Å². The van der Waals surface area contributed by atoms with Crippen molar-refractivity contribution in [3.8, 4) is 11.5 Å². The monoisotopic (exact) mass is 397 g/mol. The Morgan fingerprint density at radius 2 is 1.75 bits per heavy atom. The van der Waals surface area contributed by atoms with Gasteiger partial charge in [0, 0.05) is 30.2 Å². The van der Waals surface area contributed by atoms with Gasteiger partial charge in [0.1, 0.15) is 5.82 Å². The Hall–Kier alpha value is -2.84. The molecule has 2 aliphatic rings. The Kier molecular flexibility index (Phi) is 4.10. The van der Waals surface area contributed by atoms with E-state index < -0.39 is 10.0 Å². The van der Waals surface area contributed by atoms with E-state index in [-0.39, 0.29) is 6.79 Å². The van der Waals surface area contributed by atoms with Crippen LogP contribution in [0.25, 0.3) is 10.9 Å². The number of fused-ring (bicyclic) bond motifs is 2. The maximum Gasteiger partial charge on any atom is 0.243 e. The highest BCUT2D eigenvalue weighted by atomic mass is 32.2. The summed E-state index contributed by atoms with van der Waals surface area (Å²) in [6.07, 6.45) is 1.84. The van der Waals surface area contributed by atoms with Gasteiger partial charge in [-0.3, -0.25) is 0 Å². The summed E-state index contributed by atoms with van der Waals surface area (Å²) >= 11 is 0. The molecular weight excluding hydrogens is 378 g/mol. The van der Waals surface area contributed by atoms with Crippen LogP contribution in [-0.4, -0.2) is 37.6 Å². The third-order valence-electron chi connectivity index (χ3n) is 5.01. The third kappa shape index (κ3) is 3.04. The molecule has 7 nitrogen and oxygen atoms in total. The molecule has 0 radical (unpaired) electrons. The van der Waals surface area contributed by atoms with E-state index in [1.165, 1.54) is 0 Å². The Labute approximate surface area is 163 Å². The van der Waals surface area contributed by atoms with Crippen LogP contribution in [0, 0.1) is 0 Å². The van der Waals surface area contributed by atoms with E-state index in [4.69, 9.17) is 9.47 Å². The van der Waals surface area contributed by atoms with Crippen molar-refractivity contribution in [3.63, 3.8) is 0 Å². The molecule has 0 atom stereocenters. The molecule has 0 aliphatic carbocycles. The quantitative estimate of drug-likeness (QED) is 0.726. The van der Waals surface area contributed by atoms with E-state index in [0.29, 0.717) is 29.6 Å². The van der Waals surface area contributed by atoms with Crippen LogP contribution in [0.5, 0.6) is 11.5 Å². The Morgan fingerprint density at radius 3 is 2.61 bits per heavy atom. The first-order chi connectivity index (χ1) is 13.6. The van der Waals surface area contributed by atoms with Crippen molar-refractivity contribution in [3.05, 3.63) is 48.5 Å². The fourth-order valence-corrected chi connectivity index (χ4v) is 5.09. The normalized spacial score (nSPS) is 16.6. The van der Waals surface area contributed by atoms with Crippen LogP contribution in [0.15, 0.2) is 53.4 Å². The van der Waals surface area contributed by atoms with Crippen LogP contribution < -0.4 is 14.8 Å². The molecule has 0 unspecified atom stereocenters. The average molecular weight is 397 g/mol. The fourth-order valence-electron chi connectivity index (χ4n) is 3.53. The van der Waals surface area contributed by atoms with Crippen molar-refractivity contribution in [1.82, 2.24) is 9.29 Å². The number of nitrogens with zero attached hydrogens (tertiary/aromatic N) is 2. The highest BCUT2D eigenvalue weighted by Crippen LogP contribution is 2.35. The van der Waals surface area contributed by atoms with Gasteiger partial charge in [-0.05, 0) is 55.3 Å². The predicted molar refractivity (Wildman–Crippen MR) is 106 cm³/mol. The van der Waals surface area contributed by atoms with Gasteiger partial charge in [0.25, 0.3) is 0 Å². The molecule has 144 valence electrons. The summed E-state index contributed by atoms with van der Waals surface area (Å²) in [6, 6.07) is 14.4. The van der Waals surface area contributed by atoms with Crippen LogP contribution in [0.1, 0.15) is 12.8 Å². The molecule has 28 heavy (non-hydrogen) atoms. The fraction of sp³-hybridized carbons (Fsp3) is 0.250. The SMILES string of the molecule is O=S(=O)(c1ccc2nc(Nc3ccc4c(c3)OCO4)ccc2c1)N1CCCC1. The zero-order chi connectivity index (χ0) is 19.1. The van der Waals surface area contributed by atoms with Gasteiger partial charge >= 0.3 is 0 Å². The molecule has 0 bridgehead atoms. The number of hydrogen-bond acceptors (Lipinski definition) is 6. The first kappa shape index (κ1) is 17.3. The maximum atomic E-state index is 12.8. The lowest BCUT2D eigenvalue weighted by Gasteiger charge is -2.15. The minimum Gasteiger partial charge on any atom is -0.454 e. The second-order valence-corrected chi connectivity index (χ2v) is 8.79. The lowest BCUT2D eigenvalue weighted by atomic mass is 10.2. The Morgan fingerprint density at radius 1 is 0.929 bits per heavy atom. The summed E-state index contributed by atoms with van der Waals surface area (Å²) < 4.78 is 37.8. The van der Waals surface area contributed by atoms with Crippen molar-refractivity contribution in [2.75, 3.05) is 25.2 Å². The van der Waals surface area contributed by atoms with Crippen LogP contribution in [-0.2, 0) is 10.0 Å². The summed E-state index contributed by atoms with van der Waals surface area (Å²) in [7, 11) is -3.43. The molecular formula is C20H19N3O4S. The zero-order valence-corrected chi connectivity index (χ0v) is 15.9. The molecule has 1 aromatic heterocycles. The number of ether oxygens (including phenoxy) is 2. The number of anilines is 2. The summed E-state index contributed by atoms with van der Waals surface area (Å²) in [5, 5.41) is 4.03. The van der Waals surface area contributed by atoms with E-state index in [2.05, 4.69) is 10.3 Å². The predicted octanol–water partition coefficient (Wildman–Crippen LogP) is 3.49. The highest BCUT2D eigenvalue weighted by Gasteiger charge is 2.27. The minimum atomic E-state index is -3.43. The molecule has 0 saturated carbocycles. The standard InChI is InChI=1S/C20H19N3O4S/c24-28(25,23-9-1-2-10-23)16-5-6-17-14(11-16)3-8-20(22-17)21-15-4-7-18-19(12-15)27-13-26-18/h3-8,11-12H,1-2,9-10,13H2,(H,21,22). The zero-order valence-electron chi connectivity index (χ0n) is 15.1. The van der Waals surface area contributed by atoms with E-state index in [0.717, 1.165) is 35.2 Å². The third-order valence-corrected chi connectivity index (χ3v) is 6.90. The number of sulfonamides is 1. The van der Waals surface area contributed by atoms with Gasteiger partial charge in [-0.1, -0.05) is 0 Å². The van der Waals surface area contributed by atoms with Gasteiger partial charge in [0.05, 0.1) is 10.4 Å². The largest absolute Gasteiger partial charge is 0.454 e. The number of nitrogens with one attached hydrogen (secondary N) is 1. The van der Waals surface area contributed by atoms with E-state index in [9.17, 15) is 8.42 Å². The summed E-state index contributed by atoms with van der Waals surface area (Å²) in [6.45, 7) is 1.42. The number of benzene rings is 2. The van der Waals surface area contributed by atoms with Crippen molar-refractivity contribution in [1.29, 1.82) is 0 Å². The number of pyridine rings is 1. The number of hydrogen-bond donors (Lipinski definition) is 1. The molecule has 8 heteroatoms. The Bertz CT molecular complexity index is 1160. The topological polar surface area (TPSA) is 80.8 Å². The molecule has 2 aromatic carbocycles. The summed E-state index contributed by atoms with van der Waals surface area (Å²) in [5.74, 6) is 2.09. The van der Waals surface area contributed by atoms with E-state index >= 15 is 0 Å². The van der Waals surface area contributed by atoms with Crippen molar-refractivity contribution in [2.45, 2.75) is 17.7 Å². The molecule has 1 fully saturated rings. The van der Waals surface area contributed by atoms with Crippen LogP contribution >= 0.6 is 0 Å². The van der Waals surface area contributed by atoms with Gasteiger partial charge in [-0.2, -0.15) is 4.31 Å². The first-order valence-corrected chi connectivity index (χ1v) is 10.6. The van der Waals surface area contributed by atoms with E-state index in [1.54, 1.807) is 22.5 Å². The average Bonchev–Trinajstić information content (AvgIpc) is 3.39. The van der Waals surface area contributed by atoms with Crippen molar-refractivity contribution >= 4 is 32.4 Å². The van der Waals surface area contributed by atoms with E-state index in [1.807, 2.05) is 30.3 Å². The maximum absolute atomic E-state index is 12.8. The molecule has 0 spiro atoms. The number of rotatable bonds is 4. The lowest BCUT2D eigenvalue weighted by molar-refractivity contribution is 0.174. The molecule has 1 N–H and O–H groups in total. The summed E-state index contributed by atoms with van der Waals surface area (Å²) in [4.78, 5) is 4.91. The van der Waals surface area contributed by atoms with Crippen LogP contribution in [0.4, 0.5) is 11.5 Å². The van der Waals surface area contributed by atoms with Crippen LogP contribution in [0.3, 0.4) is 0 Å². The lowest BCUT2D eigenvalue weighted by Crippen LogP contribution is -2.27. The summed E-state index contributed by atoms with van der Waals surface area (Å²) in [5.41, 5.74) is 1.57. The number of aromatic nitrogens is 1. The van der Waals surface area contributed by atoms with Gasteiger partial charge < -0.3 is 14.8 Å². The smallest absolute Gasteiger partial charge is 0.243 e. The molecule has 0 amide bonds. The van der Waals surface area contributed by atoms with Gasteiger partial charge in [0.15, 0.2) is 11.5 Å². The molecule has 1 saturated heterocycles. The first-order valence-electron chi connectivity index (χ1n) is 9.17. The molecule has 2 aliphatic heterocycles. The van der Waals surface area contributed by atoms with Gasteiger partial charge in [-0.15, -0.1) is 0 Å². The van der Waals surface area contributed by atoms with Crippen molar-refractivity contribution in [2.24, 2.45) is 0 Å².